The van der Waals surface area contributed by atoms with Crippen LogP contribution in [0, 0.1) is 0 Å². The van der Waals surface area contributed by atoms with Crippen molar-refractivity contribution in [2.75, 3.05) is 16.8 Å². The highest BCUT2D eigenvalue weighted by Gasteiger charge is 2.18. The van der Waals surface area contributed by atoms with Crippen molar-refractivity contribution in [3.8, 4) is 0 Å². The van der Waals surface area contributed by atoms with Crippen LogP contribution in [0.3, 0.4) is 0 Å². The van der Waals surface area contributed by atoms with Crippen molar-refractivity contribution in [2.45, 2.75) is 23.8 Å². The van der Waals surface area contributed by atoms with Crippen LogP contribution < -0.4 is 10.5 Å². The molecule has 1 saturated heterocycles. The van der Waals surface area contributed by atoms with Gasteiger partial charge >= 0.3 is 0 Å². The minimum Gasteiger partial charge on any atom is -0.381 e. The van der Waals surface area contributed by atoms with Crippen molar-refractivity contribution < 1.29 is 8.42 Å². The molecule has 1 aromatic carbocycles. The lowest BCUT2D eigenvalue weighted by Crippen LogP contribution is -2.26. The lowest BCUT2D eigenvalue weighted by atomic mass is 10.1. The zero-order valence-corrected chi connectivity index (χ0v) is 11.1. The SMILES string of the molecule is NS(=O)(=O)c1ccccc1NC1CCSCC1. The lowest BCUT2D eigenvalue weighted by Gasteiger charge is -2.24. The first-order chi connectivity index (χ1) is 8.07. The minimum atomic E-state index is -3.65. The van der Waals surface area contributed by atoms with Gasteiger partial charge in [0.05, 0.1) is 5.69 Å². The first-order valence-corrected chi connectivity index (χ1v) is 8.23. The molecule has 17 heavy (non-hydrogen) atoms. The van der Waals surface area contributed by atoms with Crippen molar-refractivity contribution in [3.05, 3.63) is 24.3 Å². The van der Waals surface area contributed by atoms with Gasteiger partial charge < -0.3 is 5.32 Å². The van der Waals surface area contributed by atoms with Crippen LogP contribution in [0.5, 0.6) is 0 Å². The molecule has 1 heterocycles. The number of anilines is 1. The molecule has 1 fully saturated rings. The van der Waals surface area contributed by atoms with Gasteiger partial charge in [-0.2, -0.15) is 11.8 Å². The third-order valence-corrected chi connectivity index (χ3v) is 4.79. The second-order valence-corrected chi connectivity index (χ2v) is 6.83. The van der Waals surface area contributed by atoms with Crippen LogP contribution in [0.4, 0.5) is 5.69 Å². The fourth-order valence-corrected chi connectivity index (χ4v) is 3.70. The topological polar surface area (TPSA) is 72.2 Å². The highest BCUT2D eigenvalue weighted by molar-refractivity contribution is 7.99. The van der Waals surface area contributed by atoms with Gasteiger partial charge in [0.1, 0.15) is 4.90 Å². The molecule has 94 valence electrons. The van der Waals surface area contributed by atoms with Crippen LogP contribution >= 0.6 is 11.8 Å². The Morgan fingerprint density at radius 3 is 2.53 bits per heavy atom. The number of rotatable bonds is 3. The number of nitrogens with one attached hydrogen (secondary N) is 1. The zero-order chi connectivity index (χ0) is 12.3. The molecule has 4 nitrogen and oxygen atoms in total. The van der Waals surface area contributed by atoms with E-state index < -0.39 is 10.0 Å². The average Bonchev–Trinajstić information content (AvgIpc) is 2.30. The van der Waals surface area contributed by atoms with Gasteiger partial charge in [-0.25, -0.2) is 13.6 Å². The molecular formula is C11H16N2O2S2. The third kappa shape index (κ3) is 3.37. The van der Waals surface area contributed by atoms with Crippen molar-refractivity contribution in [1.82, 2.24) is 0 Å². The molecule has 1 aromatic rings. The quantitative estimate of drug-likeness (QED) is 0.877. The summed E-state index contributed by atoms with van der Waals surface area (Å²) in [5, 5.41) is 8.47. The van der Waals surface area contributed by atoms with E-state index in [1.54, 1.807) is 12.1 Å². The van der Waals surface area contributed by atoms with Crippen LogP contribution in [-0.2, 0) is 10.0 Å². The summed E-state index contributed by atoms with van der Waals surface area (Å²) in [6.07, 6.45) is 2.12. The van der Waals surface area contributed by atoms with Crippen LogP contribution in [0.15, 0.2) is 29.2 Å². The maximum Gasteiger partial charge on any atom is 0.240 e. The van der Waals surface area contributed by atoms with Gasteiger partial charge in [-0.1, -0.05) is 12.1 Å². The Labute approximate surface area is 106 Å². The Kier molecular flexibility index (Phi) is 3.96. The highest BCUT2D eigenvalue weighted by Crippen LogP contribution is 2.24. The Balaban J connectivity index is 2.20. The molecular weight excluding hydrogens is 256 g/mol. The molecule has 0 amide bonds. The van der Waals surface area contributed by atoms with Crippen molar-refractivity contribution in [2.24, 2.45) is 5.14 Å². The molecule has 0 radical (unpaired) electrons. The van der Waals surface area contributed by atoms with E-state index in [0.29, 0.717) is 11.7 Å². The van der Waals surface area contributed by atoms with Gasteiger partial charge in [-0.05, 0) is 36.5 Å². The van der Waals surface area contributed by atoms with E-state index in [0.717, 1.165) is 24.3 Å². The van der Waals surface area contributed by atoms with Crippen LogP contribution in [0.2, 0.25) is 0 Å². The summed E-state index contributed by atoms with van der Waals surface area (Å²) in [5.41, 5.74) is 0.618. The number of benzene rings is 1. The van der Waals surface area contributed by atoms with Crippen molar-refractivity contribution in [1.29, 1.82) is 0 Å². The van der Waals surface area contributed by atoms with Gasteiger partial charge in [0.2, 0.25) is 10.0 Å². The maximum absolute atomic E-state index is 11.4. The van der Waals surface area contributed by atoms with Crippen LogP contribution in [-0.4, -0.2) is 26.0 Å². The number of hydrogen-bond donors (Lipinski definition) is 2. The lowest BCUT2D eigenvalue weighted by molar-refractivity contribution is 0.597. The second kappa shape index (κ2) is 5.29. The molecule has 3 N–H and O–H groups in total. The third-order valence-electron chi connectivity index (χ3n) is 2.77. The fraction of sp³-hybridized carbons (Fsp3) is 0.455. The molecule has 0 saturated carbocycles. The van der Waals surface area contributed by atoms with E-state index in [4.69, 9.17) is 5.14 Å². The highest BCUT2D eigenvalue weighted by atomic mass is 32.2. The number of para-hydroxylation sites is 1. The molecule has 2 rings (SSSR count). The number of hydrogen-bond acceptors (Lipinski definition) is 4. The summed E-state index contributed by atoms with van der Waals surface area (Å²) in [5.74, 6) is 2.24. The van der Waals surface area contributed by atoms with Gasteiger partial charge in [-0.15, -0.1) is 0 Å². The molecule has 1 aliphatic rings. The smallest absolute Gasteiger partial charge is 0.240 e. The molecule has 0 aliphatic carbocycles. The summed E-state index contributed by atoms with van der Waals surface area (Å²) in [6.45, 7) is 0. The predicted molar refractivity (Wildman–Crippen MR) is 71.8 cm³/mol. The van der Waals surface area contributed by atoms with E-state index in [-0.39, 0.29) is 4.90 Å². The first-order valence-electron chi connectivity index (χ1n) is 5.53. The normalized spacial score (nSPS) is 17.9. The van der Waals surface area contributed by atoms with Gasteiger partial charge in [0.25, 0.3) is 0 Å². The largest absolute Gasteiger partial charge is 0.381 e. The summed E-state index contributed by atoms with van der Waals surface area (Å²) in [6, 6.07) is 7.15. The minimum absolute atomic E-state index is 0.179. The molecule has 0 unspecified atom stereocenters. The standard InChI is InChI=1S/C11H16N2O2S2/c12-17(14,15)11-4-2-1-3-10(11)13-9-5-7-16-8-6-9/h1-4,9,13H,5-8H2,(H2,12,14,15). The summed E-state index contributed by atoms with van der Waals surface area (Å²) < 4.78 is 22.9. The van der Waals surface area contributed by atoms with Gasteiger partial charge in [-0.3, -0.25) is 0 Å². The Morgan fingerprint density at radius 1 is 1.24 bits per heavy atom. The van der Waals surface area contributed by atoms with E-state index in [9.17, 15) is 8.42 Å². The summed E-state index contributed by atoms with van der Waals surface area (Å²) in [7, 11) is -3.65. The molecule has 0 bridgehead atoms. The summed E-state index contributed by atoms with van der Waals surface area (Å²) in [4.78, 5) is 0.179. The molecule has 1 aliphatic heterocycles. The molecule has 0 aromatic heterocycles. The monoisotopic (exact) mass is 272 g/mol. The first kappa shape index (κ1) is 12.7. The maximum atomic E-state index is 11.4. The van der Waals surface area contributed by atoms with E-state index in [1.165, 1.54) is 6.07 Å². The van der Waals surface area contributed by atoms with E-state index in [1.807, 2.05) is 17.8 Å². The van der Waals surface area contributed by atoms with Gasteiger partial charge in [0.15, 0.2) is 0 Å². The molecule has 6 heteroatoms. The Bertz CT molecular complexity index is 482. The van der Waals surface area contributed by atoms with Crippen molar-refractivity contribution in [3.63, 3.8) is 0 Å². The van der Waals surface area contributed by atoms with E-state index >= 15 is 0 Å². The average molecular weight is 272 g/mol. The summed E-state index contributed by atoms with van der Waals surface area (Å²) >= 11 is 1.94. The Hall–Kier alpha value is -0.720. The van der Waals surface area contributed by atoms with E-state index in [2.05, 4.69) is 5.32 Å². The number of sulfonamides is 1. The van der Waals surface area contributed by atoms with Crippen LogP contribution in [0.1, 0.15) is 12.8 Å². The number of thioether (sulfide) groups is 1. The number of nitrogens with two attached hydrogens (primary N) is 1. The zero-order valence-electron chi connectivity index (χ0n) is 9.43. The second-order valence-electron chi connectivity index (χ2n) is 4.07. The predicted octanol–water partition coefficient (Wildman–Crippen LogP) is 1.64. The fourth-order valence-electron chi connectivity index (χ4n) is 1.90. The molecule has 0 spiro atoms. The van der Waals surface area contributed by atoms with Crippen molar-refractivity contribution >= 4 is 27.5 Å². The molecule has 0 atom stereocenters. The van der Waals surface area contributed by atoms with Crippen LogP contribution in [0.25, 0.3) is 0 Å². The number of primary sulfonamides is 1. The Morgan fingerprint density at radius 2 is 1.88 bits per heavy atom. The van der Waals surface area contributed by atoms with Gasteiger partial charge in [0, 0.05) is 6.04 Å².